The zero-order valence-electron chi connectivity index (χ0n) is 9.32. The van der Waals surface area contributed by atoms with E-state index < -0.39 is 5.60 Å². The second kappa shape index (κ2) is 4.52. The number of ether oxygens (including phenoxy) is 1. The monoisotopic (exact) mass is 216 g/mol. The first-order chi connectivity index (χ1) is 7.77. The van der Waals surface area contributed by atoms with Crippen molar-refractivity contribution in [3.05, 3.63) is 48.6 Å². The van der Waals surface area contributed by atoms with Crippen molar-refractivity contribution >= 4 is 5.97 Å². The van der Waals surface area contributed by atoms with Gasteiger partial charge in [0.05, 0.1) is 0 Å². The van der Waals surface area contributed by atoms with Crippen LogP contribution in [0.3, 0.4) is 0 Å². The molecule has 16 heavy (non-hydrogen) atoms. The van der Waals surface area contributed by atoms with Crippen LogP contribution in [0.1, 0.15) is 31.2 Å². The summed E-state index contributed by atoms with van der Waals surface area (Å²) in [5.74, 6) is -0.328. The van der Waals surface area contributed by atoms with E-state index in [0.29, 0.717) is 0 Å². The Morgan fingerprint density at radius 2 is 1.88 bits per heavy atom. The lowest BCUT2D eigenvalue weighted by Gasteiger charge is -2.29. The summed E-state index contributed by atoms with van der Waals surface area (Å²) in [6, 6.07) is 10.00. The van der Waals surface area contributed by atoms with E-state index in [0.717, 1.165) is 31.2 Å². The van der Waals surface area contributed by atoms with Gasteiger partial charge in [0.1, 0.15) is 5.60 Å². The number of hydrogen-bond acceptors (Lipinski definition) is 2. The zero-order valence-corrected chi connectivity index (χ0v) is 9.32. The van der Waals surface area contributed by atoms with E-state index in [1.165, 1.54) is 6.08 Å². The summed E-state index contributed by atoms with van der Waals surface area (Å²) in [6.07, 6.45) is 5.29. The third kappa shape index (κ3) is 2.01. The Morgan fingerprint density at radius 1 is 1.25 bits per heavy atom. The van der Waals surface area contributed by atoms with E-state index in [9.17, 15) is 4.79 Å². The largest absolute Gasteiger partial charge is 0.451 e. The molecule has 0 heterocycles. The lowest BCUT2D eigenvalue weighted by atomic mass is 9.92. The van der Waals surface area contributed by atoms with Gasteiger partial charge in [-0.1, -0.05) is 36.9 Å². The van der Waals surface area contributed by atoms with E-state index in [4.69, 9.17) is 4.74 Å². The molecule has 0 bridgehead atoms. The van der Waals surface area contributed by atoms with Crippen LogP contribution in [0.4, 0.5) is 0 Å². The van der Waals surface area contributed by atoms with E-state index in [1.54, 1.807) is 0 Å². The molecule has 1 aromatic rings. The van der Waals surface area contributed by atoms with Crippen molar-refractivity contribution in [1.29, 1.82) is 0 Å². The molecule has 1 aromatic carbocycles. The molecule has 2 nitrogen and oxygen atoms in total. The fraction of sp³-hybridized carbons (Fsp3) is 0.357. The summed E-state index contributed by atoms with van der Waals surface area (Å²) in [7, 11) is 0. The number of rotatable bonds is 3. The minimum absolute atomic E-state index is 0.328. The molecule has 1 aliphatic rings. The first-order valence-corrected chi connectivity index (χ1v) is 5.68. The van der Waals surface area contributed by atoms with Crippen molar-refractivity contribution in [1.82, 2.24) is 0 Å². The molecule has 1 saturated carbocycles. The average Bonchev–Trinajstić information content (AvgIpc) is 2.80. The highest BCUT2D eigenvalue weighted by molar-refractivity contribution is 5.81. The predicted molar refractivity (Wildman–Crippen MR) is 62.9 cm³/mol. The van der Waals surface area contributed by atoms with Crippen LogP contribution in [0.5, 0.6) is 0 Å². The molecule has 2 heteroatoms. The van der Waals surface area contributed by atoms with Gasteiger partial charge in [-0.15, -0.1) is 0 Å². The Balaban J connectivity index is 2.29. The minimum atomic E-state index is -0.410. The van der Waals surface area contributed by atoms with Gasteiger partial charge in [0.15, 0.2) is 0 Å². The molecule has 2 rings (SSSR count). The number of hydrogen-bond donors (Lipinski definition) is 0. The normalized spacial score (nSPS) is 18.0. The fourth-order valence-corrected chi connectivity index (χ4v) is 2.37. The second-order valence-electron chi connectivity index (χ2n) is 4.19. The highest BCUT2D eigenvalue weighted by Crippen LogP contribution is 2.42. The quantitative estimate of drug-likeness (QED) is 0.573. The maximum absolute atomic E-state index is 11.4. The third-order valence-corrected chi connectivity index (χ3v) is 3.17. The van der Waals surface area contributed by atoms with Gasteiger partial charge >= 0.3 is 5.97 Å². The highest BCUT2D eigenvalue weighted by atomic mass is 16.6. The van der Waals surface area contributed by atoms with Gasteiger partial charge in [-0.3, -0.25) is 0 Å². The van der Waals surface area contributed by atoms with Crippen LogP contribution in [-0.4, -0.2) is 5.97 Å². The zero-order chi connectivity index (χ0) is 11.4. The minimum Gasteiger partial charge on any atom is -0.451 e. The van der Waals surface area contributed by atoms with Gasteiger partial charge in [0.25, 0.3) is 0 Å². The highest BCUT2D eigenvalue weighted by Gasteiger charge is 2.38. The van der Waals surface area contributed by atoms with Crippen molar-refractivity contribution in [2.45, 2.75) is 31.3 Å². The molecular formula is C14H16O2. The number of carbonyl (C=O) groups is 1. The van der Waals surface area contributed by atoms with Gasteiger partial charge in [0, 0.05) is 6.08 Å². The Kier molecular flexibility index (Phi) is 3.09. The van der Waals surface area contributed by atoms with Crippen molar-refractivity contribution in [2.75, 3.05) is 0 Å². The van der Waals surface area contributed by atoms with E-state index >= 15 is 0 Å². The summed E-state index contributed by atoms with van der Waals surface area (Å²) in [5.41, 5.74) is 0.690. The molecule has 0 amide bonds. The standard InChI is InChI=1S/C14H16O2/c1-2-13(15)16-14(10-6-7-11-14)12-8-4-3-5-9-12/h2-5,8-9H,1,6-7,10-11H2. The number of carbonyl (C=O) groups excluding carboxylic acids is 1. The van der Waals surface area contributed by atoms with Crippen LogP contribution in [-0.2, 0) is 15.1 Å². The molecule has 84 valence electrons. The van der Waals surface area contributed by atoms with Crippen LogP contribution >= 0.6 is 0 Å². The van der Waals surface area contributed by atoms with E-state index in [2.05, 4.69) is 6.58 Å². The maximum Gasteiger partial charge on any atom is 0.331 e. The third-order valence-electron chi connectivity index (χ3n) is 3.17. The van der Waals surface area contributed by atoms with Crippen LogP contribution in [0.25, 0.3) is 0 Å². The lowest BCUT2D eigenvalue weighted by Crippen LogP contribution is -2.28. The summed E-state index contributed by atoms with van der Waals surface area (Å²) in [5, 5.41) is 0. The van der Waals surface area contributed by atoms with Gasteiger partial charge in [-0.05, 0) is 31.2 Å². The maximum atomic E-state index is 11.4. The summed E-state index contributed by atoms with van der Waals surface area (Å²) in [6.45, 7) is 3.45. The molecule has 0 aromatic heterocycles. The Bertz CT molecular complexity index is 375. The van der Waals surface area contributed by atoms with Gasteiger partial charge in [-0.2, -0.15) is 0 Å². The predicted octanol–water partition coefficient (Wildman–Crippen LogP) is 3.19. The van der Waals surface area contributed by atoms with E-state index in [-0.39, 0.29) is 5.97 Å². The molecule has 0 unspecified atom stereocenters. The molecule has 0 N–H and O–H groups in total. The molecule has 0 radical (unpaired) electrons. The Labute approximate surface area is 95.9 Å². The van der Waals surface area contributed by atoms with Crippen LogP contribution in [0, 0.1) is 0 Å². The van der Waals surface area contributed by atoms with Crippen molar-refractivity contribution in [3.63, 3.8) is 0 Å². The topological polar surface area (TPSA) is 26.3 Å². The Hall–Kier alpha value is -1.57. The molecule has 0 aliphatic heterocycles. The summed E-state index contributed by atoms with van der Waals surface area (Å²) >= 11 is 0. The molecule has 0 atom stereocenters. The lowest BCUT2D eigenvalue weighted by molar-refractivity contribution is -0.154. The Morgan fingerprint density at radius 3 is 2.44 bits per heavy atom. The van der Waals surface area contributed by atoms with Crippen molar-refractivity contribution in [3.8, 4) is 0 Å². The van der Waals surface area contributed by atoms with E-state index in [1.807, 2.05) is 30.3 Å². The molecule has 1 aliphatic carbocycles. The molecule has 0 saturated heterocycles. The van der Waals surface area contributed by atoms with Crippen LogP contribution < -0.4 is 0 Å². The molecule has 1 fully saturated rings. The number of benzene rings is 1. The SMILES string of the molecule is C=CC(=O)OC1(c2ccccc2)CCCC1. The summed E-state index contributed by atoms with van der Waals surface area (Å²) < 4.78 is 5.58. The fourth-order valence-electron chi connectivity index (χ4n) is 2.37. The smallest absolute Gasteiger partial charge is 0.331 e. The van der Waals surface area contributed by atoms with Gasteiger partial charge < -0.3 is 4.74 Å². The van der Waals surface area contributed by atoms with Crippen LogP contribution in [0.15, 0.2) is 43.0 Å². The van der Waals surface area contributed by atoms with Gasteiger partial charge in [0.2, 0.25) is 0 Å². The average molecular weight is 216 g/mol. The van der Waals surface area contributed by atoms with Gasteiger partial charge in [-0.25, -0.2) is 4.79 Å². The second-order valence-corrected chi connectivity index (χ2v) is 4.19. The molecular weight excluding hydrogens is 200 g/mol. The summed E-state index contributed by atoms with van der Waals surface area (Å²) in [4.78, 5) is 11.4. The first kappa shape index (κ1) is 10.9. The number of esters is 1. The van der Waals surface area contributed by atoms with Crippen molar-refractivity contribution in [2.24, 2.45) is 0 Å². The first-order valence-electron chi connectivity index (χ1n) is 5.68. The molecule has 0 spiro atoms. The van der Waals surface area contributed by atoms with Crippen LogP contribution in [0.2, 0.25) is 0 Å². The van der Waals surface area contributed by atoms with Crippen molar-refractivity contribution < 1.29 is 9.53 Å².